The maximum Gasteiger partial charge on any atom is 0.227 e. The van der Waals surface area contributed by atoms with E-state index in [4.69, 9.17) is 14.4 Å². The van der Waals surface area contributed by atoms with Gasteiger partial charge in [-0.1, -0.05) is 24.3 Å². The number of aliphatic hydroxyl groups excluding tert-OH is 1. The number of nitrogens with zero attached hydrogens (tertiary/aromatic N) is 6. The Hall–Kier alpha value is -5.30. The number of oxazole rings is 1. The highest BCUT2D eigenvalue weighted by Gasteiger charge is 2.33. The molecule has 2 fully saturated rings. The van der Waals surface area contributed by atoms with Gasteiger partial charge in [-0.25, -0.2) is 9.97 Å². The van der Waals surface area contributed by atoms with Crippen molar-refractivity contribution in [3.8, 4) is 28.7 Å². The second-order valence-electron chi connectivity index (χ2n) is 14.1. The van der Waals surface area contributed by atoms with E-state index < -0.39 is 0 Å². The van der Waals surface area contributed by atoms with E-state index >= 15 is 0 Å². The minimum atomic E-state index is -0.239. The van der Waals surface area contributed by atoms with Crippen molar-refractivity contribution >= 4 is 39.2 Å². The molecule has 1 saturated carbocycles. The van der Waals surface area contributed by atoms with Crippen molar-refractivity contribution in [3.63, 3.8) is 0 Å². The third-order valence-electron chi connectivity index (χ3n) is 11.1. The van der Waals surface area contributed by atoms with Gasteiger partial charge in [-0.2, -0.15) is 5.26 Å². The van der Waals surface area contributed by atoms with E-state index in [1.807, 2.05) is 30.6 Å². The van der Waals surface area contributed by atoms with Gasteiger partial charge in [-0.15, -0.1) is 0 Å². The number of hydrogen-bond acceptors (Lipinski definition) is 9. The van der Waals surface area contributed by atoms with Crippen LogP contribution in [0.15, 0.2) is 71.4 Å². The third-order valence-corrected chi connectivity index (χ3v) is 11.1. The molecule has 3 aliphatic rings. The van der Waals surface area contributed by atoms with Gasteiger partial charge in [0.25, 0.3) is 0 Å². The molecular formula is C41H39N7O2. The molecule has 3 aromatic heterocycles. The summed E-state index contributed by atoms with van der Waals surface area (Å²) < 4.78 is 6.44. The summed E-state index contributed by atoms with van der Waals surface area (Å²) >= 11 is 0. The quantitative estimate of drug-likeness (QED) is 0.177. The second kappa shape index (κ2) is 12.2. The van der Waals surface area contributed by atoms with Crippen LogP contribution in [0.5, 0.6) is 0 Å². The summed E-state index contributed by atoms with van der Waals surface area (Å²) in [5.74, 6) is 1.24. The maximum absolute atomic E-state index is 10.2. The predicted molar refractivity (Wildman–Crippen MR) is 196 cm³/mol. The molecule has 2 N–H and O–H groups in total. The number of anilines is 3. The molecule has 0 unspecified atom stereocenters. The van der Waals surface area contributed by atoms with Gasteiger partial charge in [0.15, 0.2) is 11.4 Å². The number of pyridine rings is 2. The molecule has 0 bridgehead atoms. The van der Waals surface area contributed by atoms with Gasteiger partial charge in [0.05, 0.1) is 6.10 Å². The standard InChI is InChI=1S/C41H39N7O2/c1-24-30(8-4-10-32(24)41-46-36-19-37-33(34(20-42)39(36)50-41)14-17-48(37)28-6-3-7-28)31-9-5-11-35(25(31)2)45-40-38-27(12-15-43-40)18-26(21-44-38)22-47-16-13-29(49)23-47/h4-5,8-12,15,18-19,21,28-29,49H,3,6-7,13-14,16-17,22-23H2,1-2H3,(H,43,45)/t29-/m1/s1. The van der Waals surface area contributed by atoms with Crippen LogP contribution in [0.2, 0.25) is 0 Å². The van der Waals surface area contributed by atoms with Crippen molar-refractivity contribution in [2.75, 3.05) is 29.9 Å². The fourth-order valence-electron chi connectivity index (χ4n) is 8.11. The number of likely N-dealkylation sites (tertiary alicyclic amines) is 1. The monoisotopic (exact) mass is 661 g/mol. The van der Waals surface area contributed by atoms with E-state index in [1.54, 1.807) is 0 Å². The lowest BCUT2D eigenvalue weighted by Gasteiger charge is -2.36. The van der Waals surface area contributed by atoms with Crippen molar-refractivity contribution < 1.29 is 9.52 Å². The first kappa shape index (κ1) is 30.7. The van der Waals surface area contributed by atoms with Crippen LogP contribution < -0.4 is 10.2 Å². The van der Waals surface area contributed by atoms with Gasteiger partial charge in [0.1, 0.15) is 22.7 Å². The number of fused-ring (bicyclic) bond motifs is 3. The highest BCUT2D eigenvalue weighted by molar-refractivity contribution is 5.92. The lowest BCUT2D eigenvalue weighted by molar-refractivity contribution is 0.175. The smallest absolute Gasteiger partial charge is 0.227 e. The Morgan fingerprint density at radius 3 is 2.58 bits per heavy atom. The Balaban J connectivity index is 1.03. The van der Waals surface area contributed by atoms with Crippen molar-refractivity contribution in [2.45, 2.75) is 64.6 Å². The van der Waals surface area contributed by atoms with Crippen LogP contribution in [0.25, 0.3) is 44.6 Å². The minimum absolute atomic E-state index is 0.239. The molecule has 9 heteroatoms. The number of benzene rings is 3. The van der Waals surface area contributed by atoms with E-state index in [0.717, 1.165) is 99.2 Å². The molecule has 0 spiro atoms. The van der Waals surface area contributed by atoms with Crippen molar-refractivity contribution in [1.29, 1.82) is 5.26 Å². The first-order valence-corrected chi connectivity index (χ1v) is 17.7. The summed E-state index contributed by atoms with van der Waals surface area (Å²) in [5.41, 5.74) is 12.3. The average molecular weight is 662 g/mol. The Morgan fingerprint density at radius 1 is 0.980 bits per heavy atom. The van der Waals surface area contributed by atoms with E-state index in [9.17, 15) is 10.4 Å². The van der Waals surface area contributed by atoms with Crippen LogP contribution in [0.4, 0.5) is 17.2 Å². The summed E-state index contributed by atoms with van der Waals surface area (Å²) in [4.78, 5) is 19.2. The number of nitrogens with one attached hydrogen (secondary N) is 1. The molecule has 3 aromatic carbocycles. The summed E-state index contributed by atoms with van der Waals surface area (Å²) in [6, 6.07) is 21.8. The van der Waals surface area contributed by atoms with Crippen LogP contribution in [0.1, 0.15) is 53.5 Å². The number of aliphatic hydroxyl groups is 1. The van der Waals surface area contributed by atoms with E-state index in [1.165, 1.54) is 19.3 Å². The third kappa shape index (κ3) is 5.18. The zero-order valence-corrected chi connectivity index (χ0v) is 28.4. The molecule has 2 aliphatic heterocycles. The molecule has 9 nitrogen and oxygen atoms in total. The predicted octanol–water partition coefficient (Wildman–Crippen LogP) is 7.82. The topological polar surface area (TPSA) is 114 Å². The number of β-amino-alcohol motifs (C(OH)–C–C–N with tert-alkyl or cyclic N) is 1. The molecule has 0 radical (unpaired) electrons. The van der Waals surface area contributed by atoms with E-state index in [2.05, 4.69) is 76.4 Å². The summed E-state index contributed by atoms with van der Waals surface area (Å²) in [7, 11) is 0. The van der Waals surface area contributed by atoms with Crippen LogP contribution in [-0.2, 0) is 13.0 Å². The number of hydrogen-bond donors (Lipinski definition) is 2. The molecule has 1 aliphatic carbocycles. The fraction of sp³-hybridized carbons (Fsp3) is 0.317. The highest BCUT2D eigenvalue weighted by atomic mass is 16.3. The lowest BCUT2D eigenvalue weighted by Crippen LogP contribution is -2.38. The van der Waals surface area contributed by atoms with Crippen molar-refractivity contribution in [2.24, 2.45) is 0 Å². The average Bonchev–Trinajstić information content (AvgIpc) is 3.83. The number of aromatic nitrogens is 3. The summed E-state index contributed by atoms with van der Waals surface area (Å²) in [5, 5.41) is 24.8. The highest BCUT2D eigenvalue weighted by Crippen LogP contribution is 2.43. The zero-order valence-electron chi connectivity index (χ0n) is 28.4. The number of nitriles is 1. The molecule has 50 heavy (non-hydrogen) atoms. The molecule has 1 atom stereocenters. The van der Waals surface area contributed by atoms with Crippen LogP contribution >= 0.6 is 0 Å². The second-order valence-corrected chi connectivity index (χ2v) is 14.1. The molecule has 1 saturated heterocycles. The lowest BCUT2D eigenvalue weighted by atomic mass is 9.91. The van der Waals surface area contributed by atoms with E-state index in [0.29, 0.717) is 35.4 Å². The van der Waals surface area contributed by atoms with Gasteiger partial charge in [0.2, 0.25) is 5.89 Å². The van der Waals surface area contributed by atoms with Gasteiger partial charge < -0.3 is 19.7 Å². The Labute approximate surface area is 291 Å². The SMILES string of the molecule is Cc1c(Nc2nccc3cc(CN4CC[C@@H](O)C4)cnc23)cccc1-c1cccc(-c2nc3cc4c(c(C#N)c3o2)CCN4C2CCC2)c1C. The van der Waals surface area contributed by atoms with Crippen molar-refractivity contribution in [1.82, 2.24) is 19.9 Å². The van der Waals surface area contributed by atoms with E-state index in [-0.39, 0.29) is 6.10 Å². The molecule has 5 heterocycles. The first-order valence-electron chi connectivity index (χ1n) is 17.7. The van der Waals surface area contributed by atoms with Gasteiger partial charge in [-0.3, -0.25) is 9.88 Å². The molecule has 9 rings (SSSR count). The van der Waals surface area contributed by atoms with Gasteiger partial charge in [-0.05, 0) is 110 Å². The Bertz CT molecular complexity index is 2340. The first-order chi connectivity index (χ1) is 24.4. The molecule has 6 aromatic rings. The van der Waals surface area contributed by atoms with Crippen molar-refractivity contribution in [3.05, 3.63) is 94.8 Å². The molecule has 0 amide bonds. The largest absolute Gasteiger partial charge is 0.435 e. The van der Waals surface area contributed by atoms with Crippen LogP contribution in [-0.4, -0.2) is 56.7 Å². The molecule has 250 valence electrons. The molecular weight excluding hydrogens is 622 g/mol. The fourth-order valence-corrected chi connectivity index (χ4v) is 8.11. The summed E-state index contributed by atoms with van der Waals surface area (Å²) in [6.45, 7) is 7.57. The van der Waals surface area contributed by atoms with Gasteiger partial charge in [0, 0.05) is 66.9 Å². The Morgan fingerprint density at radius 2 is 1.80 bits per heavy atom. The normalized spacial score (nSPS) is 17.7. The van der Waals surface area contributed by atoms with Gasteiger partial charge >= 0.3 is 0 Å². The number of rotatable bonds is 7. The Kier molecular flexibility index (Phi) is 7.52. The van der Waals surface area contributed by atoms with Crippen LogP contribution in [0.3, 0.4) is 0 Å². The minimum Gasteiger partial charge on any atom is -0.435 e. The van der Waals surface area contributed by atoms with Crippen LogP contribution in [0, 0.1) is 25.2 Å². The zero-order chi connectivity index (χ0) is 33.9. The maximum atomic E-state index is 10.2. The summed E-state index contributed by atoms with van der Waals surface area (Å²) in [6.07, 6.45) is 8.90.